The van der Waals surface area contributed by atoms with Crippen LogP contribution in [0.15, 0.2) is 36.0 Å². The molecule has 0 saturated heterocycles. The summed E-state index contributed by atoms with van der Waals surface area (Å²) in [7, 11) is 3.91. The van der Waals surface area contributed by atoms with Gasteiger partial charge in [0.05, 0.1) is 6.61 Å². The van der Waals surface area contributed by atoms with E-state index in [1.54, 1.807) is 13.0 Å². The maximum absolute atomic E-state index is 11.4. The van der Waals surface area contributed by atoms with Crippen LogP contribution in [0, 0.1) is 11.3 Å². The summed E-state index contributed by atoms with van der Waals surface area (Å²) >= 11 is 0. The number of benzene rings is 1. The molecule has 0 bridgehead atoms. The molecule has 1 rings (SSSR count). The van der Waals surface area contributed by atoms with Crippen molar-refractivity contribution in [1.29, 1.82) is 5.26 Å². The average Bonchev–Trinajstić information content (AvgIpc) is 2.40. The molecule has 1 N–H and O–H groups in total. The zero-order valence-corrected chi connectivity index (χ0v) is 11.3. The molecule has 0 heterocycles. The third-order valence-corrected chi connectivity index (χ3v) is 2.38. The molecule has 0 spiro atoms. The summed E-state index contributed by atoms with van der Waals surface area (Å²) in [5.74, 6) is -0.623. The summed E-state index contributed by atoms with van der Waals surface area (Å²) < 4.78 is 4.76. The molecule has 100 valence electrons. The van der Waals surface area contributed by atoms with Gasteiger partial charge >= 0.3 is 5.97 Å². The Kier molecular flexibility index (Phi) is 5.42. The number of rotatable bonds is 5. The van der Waals surface area contributed by atoms with E-state index in [9.17, 15) is 4.79 Å². The van der Waals surface area contributed by atoms with Crippen LogP contribution in [0.3, 0.4) is 0 Å². The summed E-state index contributed by atoms with van der Waals surface area (Å²) in [6.45, 7) is 1.94. The molecule has 0 amide bonds. The van der Waals surface area contributed by atoms with Crippen LogP contribution in [0.1, 0.15) is 6.92 Å². The van der Waals surface area contributed by atoms with Gasteiger partial charge in [-0.05, 0) is 31.2 Å². The Morgan fingerprint density at radius 1 is 1.42 bits per heavy atom. The average molecular weight is 259 g/mol. The molecular formula is C14H17N3O2. The highest BCUT2D eigenvalue weighted by atomic mass is 16.5. The lowest BCUT2D eigenvalue weighted by atomic mass is 10.2. The van der Waals surface area contributed by atoms with Gasteiger partial charge in [0.1, 0.15) is 6.07 Å². The summed E-state index contributed by atoms with van der Waals surface area (Å²) in [4.78, 5) is 13.4. The van der Waals surface area contributed by atoms with E-state index >= 15 is 0 Å². The largest absolute Gasteiger partial charge is 0.462 e. The Labute approximate surface area is 113 Å². The van der Waals surface area contributed by atoms with Crippen molar-refractivity contribution >= 4 is 17.3 Å². The van der Waals surface area contributed by atoms with E-state index in [0.29, 0.717) is 0 Å². The van der Waals surface area contributed by atoms with Crippen molar-refractivity contribution in [1.82, 2.24) is 0 Å². The Balaban J connectivity index is 2.74. The van der Waals surface area contributed by atoms with Crippen LogP contribution in [-0.2, 0) is 9.53 Å². The van der Waals surface area contributed by atoms with E-state index in [1.165, 1.54) is 6.20 Å². The van der Waals surface area contributed by atoms with Crippen molar-refractivity contribution in [2.45, 2.75) is 6.92 Å². The summed E-state index contributed by atoms with van der Waals surface area (Å²) in [5, 5.41) is 11.7. The molecule has 0 radical (unpaired) electrons. The number of hydrogen-bond acceptors (Lipinski definition) is 5. The molecule has 0 unspecified atom stereocenters. The highest BCUT2D eigenvalue weighted by Crippen LogP contribution is 2.15. The fourth-order valence-corrected chi connectivity index (χ4v) is 1.36. The van der Waals surface area contributed by atoms with Gasteiger partial charge in [0, 0.05) is 31.7 Å². The molecule has 5 nitrogen and oxygen atoms in total. The van der Waals surface area contributed by atoms with Gasteiger partial charge in [-0.3, -0.25) is 0 Å². The van der Waals surface area contributed by atoms with E-state index in [-0.39, 0.29) is 12.2 Å². The zero-order valence-electron chi connectivity index (χ0n) is 11.3. The maximum Gasteiger partial charge on any atom is 0.350 e. The van der Waals surface area contributed by atoms with Gasteiger partial charge < -0.3 is 15.0 Å². The highest BCUT2D eigenvalue weighted by Gasteiger charge is 2.08. The number of nitrogens with one attached hydrogen (secondary N) is 1. The van der Waals surface area contributed by atoms with Crippen molar-refractivity contribution in [3.8, 4) is 6.07 Å². The van der Waals surface area contributed by atoms with Crippen LogP contribution in [0.2, 0.25) is 0 Å². The van der Waals surface area contributed by atoms with E-state index in [0.717, 1.165) is 11.4 Å². The minimum Gasteiger partial charge on any atom is -0.462 e. The lowest BCUT2D eigenvalue weighted by Crippen LogP contribution is -2.09. The van der Waals surface area contributed by atoms with E-state index in [1.807, 2.05) is 43.3 Å². The molecule has 0 saturated carbocycles. The van der Waals surface area contributed by atoms with Crippen LogP contribution in [-0.4, -0.2) is 26.7 Å². The molecule has 19 heavy (non-hydrogen) atoms. The fraction of sp³-hybridized carbons (Fsp3) is 0.286. The first kappa shape index (κ1) is 14.6. The second kappa shape index (κ2) is 7.07. The number of ether oxygens (including phenoxy) is 1. The van der Waals surface area contributed by atoms with Crippen LogP contribution in [0.4, 0.5) is 11.4 Å². The molecule has 0 aliphatic rings. The zero-order chi connectivity index (χ0) is 14.3. The van der Waals surface area contributed by atoms with E-state index in [4.69, 9.17) is 10.00 Å². The Morgan fingerprint density at radius 2 is 2.05 bits per heavy atom. The molecule has 5 heteroatoms. The van der Waals surface area contributed by atoms with Gasteiger partial charge in [0.25, 0.3) is 0 Å². The molecule has 1 aromatic rings. The quantitative estimate of drug-likeness (QED) is 0.498. The summed E-state index contributed by atoms with van der Waals surface area (Å²) in [6, 6.07) is 9.41. The van der Waals surface area contributed by atoms with Crippen molar-refractivity contribution in [3.05, 3.63) is 36.0 Å². The molecule has 0 aromatic heterocycles. The van der Waals surface area contributed by atoms with Gasteiger partial charge in [0.15, 0.2) is 5.57 Å². The second-order valence-corrected chi connectivity index (χ2v) is 3.98. The second-order valence-electron chi connectivity index (χ2n) is 3.98. The fourth-order valence-electron chi connectivity index (χ4n) is 1.36. The predicted octanol–water partition coefficient (Wildman–Crippen LogP) is 2.14. The molecule has 0 atom stereocenters. The topological polar surface area (TPSA) is 65.4 Å². The number of hydrogen-bond donors (Lipinski definition) is 1. The van der Waals surface area contributed by atoms with Crippen molar-refractivity contribution in [2.24, 2.45) is 0 Å². The third kappa shape index (κ3) is 4.36. The molecule has 1 aromatic carbocycles. The first-order valence-electron chi connectivity index (χ1n) is 5.89. The predicted molar refractivity (Wildman–Crippen MR) is 74.7 cm³/mol. The van der Waals surface area contributed by atoms with Gasteiger partial charge in [-0.2, -0.15) is 5.26 Å². The number of nitriles is 1. The van der Waals surface area contributed by atoms with Crippen molar-refractivity contribution < 1.29 is 9.53 Å². The van der Waals surface area contributed by atoms with Crippen LogP contribution < -0.4 is 10.2 Å². The standard InChI is InChI=1S/C14H17N3O2/c1-4-19-14(18)11(9-15)10-16-12-5-7-13(8-6-12)17(2)3/h5-8,10,16H,4H2,1-3H3/b11-10+. The van der Waals surface area contributed by atoms with Gasteiger partial charge in [-0.1, -0.05) is 0 Å². The lowest BCUT2D eigenvalue weighted by Gasteiger charge is -2.12. The van der Waals surface area contributed by atoms with Crippen molar-refractivity contribution in [2.75, 3.05) is 30.9 Å². The summed E-state index contributed by atoms with van der Waals surface area (Å²) in [6.07, 6.45) is 1.35. The van der Waals surface area contributed by atoms with Gasteiger partial charge in [-0.25, -0.2) is 4.79 Å². The number of carbonyl (C=O) groups is 1. The van der Waals surface area contributed by atoms with Crippen molar-refractivity contribution in [3.63, 3.8) is 0 Å². The van der Waals surface area contributed by atoms with Crippen LogP contribution >= 0.6 is 0 Å². The van der Waals surface area contributed by atoms with E-state index < -0.39 is 5.97 Å². The van der Waals surface area contributed by atoms with Gasteiger partial charge in [0.2, 0.25) is 0 Å². The normalized spacial score (nSPS) is 10.5. The van der Waals surface area contributed by atoms with E-state index in [2.05, 4.69) is 5.32 Å². The Hall–Kier alpha value is -2.48. The minimum absolute atomic E-state index is 0.0569. The maximum atomic E-state index is 11.4. The third-order valence-electron chi connectivity index (χ3n) is 2.38. The number of anilines is 2. The number of nitrogens with zero attached hydrogens (tertiary/aromatic N) is 2. The SMILES string of the molecule is CCOC(=O)/C(C#N)=C/Nc1ccc(N(C)C)cc1. The van der Waals surface area contributed by atoms with Crippen LogP contribution in [0.5, 0.6) is 0 Å². The molecule has 0 aliphatic heterocycles. The first-order chi connectivity index (χ1) is 9.08. The Bertz CT molecular complexity index is 498. The lowest BCUT2D eigenvalue weighted by molar-refractivity contribution is -0.138. The summed E-state index contributed by atoms with van der Waals surface area (Å²) in [5.41, 5.74) is 1.81. The molecular weight excluding hydrogens is 242 g/mol. The number of esters is 1. The van der Waals surface area contributed by atoms with Gasteiger partial charge in [-0.15, -0.1) is 0 Å². The molecule has 0 aliphatic carbocycles. The van der Waals surface area contributed by atoms with Crippen LogP contribution in [0.25, 0.3) is 0 Å². The first-order valence-corrected chi connectivity index (χ1v) is 5.89. The smallest absolute Gasteiger partial charge is 0.350 e. The number of carbonyl (C=O) groups excluding carboxylic acids is 1. The molecule has 0 fully saturated rings. The monoisotopic (exact) mass is 259 g/mol. The highest BCUT2D eigenvalue weighted by molar-refractivity contribution is 5.93. The Morgan fingerprint density at radius 3 is 2.53 bits per heavy atom. The minimum atomic E-state index is -0.623.